The minimum Gasteiger partial charge on any atom is -0.493 e. The first-order chi connectivity index (χ1) is 10.2. The number of ether oxygens (including phenoxy) is 1. The van der Waals surface area contributed by atoms with Crippen molar-refractivity contribution >= 4 is 0 Å². The van der Waals surface area contributed by atoms with Crippen molar-refractivity contribution in [2.45, 2.75) is 39.0 Å². The molecule has 4 nitrogen and oxygen atoms in total. The summed E-state index contributed by atoms with van der Waals surface area (Å²) in [7, 11) is 0. The maximum absolute atomic E-state index is 12.2. The first-order valence-corrected chi connectivity index (χ1v) is 7.53. The number of aromatic amines is 1. The van der Waals surface area contributed by atoms with Crippen LogP contribution in [0.15, 0.2) is 29.1 Å². The molecule has 0 atom stereocenters. The fourth-order valence-electron chi connectivity index (χ4n) is 2.36. The molecule has 21 heavy (non-hydrogen) atoms. The van der Waals surface area contributed by atoms with Crippen LogP contribution in [-0.4, -0.2) is 16.6 Å². The lowest BCUT2D eigenvalue weighted by Crippen LogP contribution is -2.16. The molecule has 1 aromatic carbocycles. The fourth-order valence-corrected chi connectivity index (χ4v) is 2.36. The second-order valence-electron chi connectivity index (χ2n) is 5.54. The molecule has 0 aliphatic heterocycles. The molecule has 0 saturated heterocycles. The van der Waals surface area contributed by atoms with Gasteiger partial charge in [0.15, 0.2) is 0 Å². The van der Waals surface area contributed by atoms with Crippen molar-refractivity contribution in [3.63, 3.8) is 0 Å². The summed E-state index contributed by atoms with van der Waals surface area (Å²) in [5.74, 6) is 2.02. The zero-order chi connectivity index (χ0) is 14.8. The van der Waals surface area contributed by atoms with Gasteiger partial charge in [-0.25, -0.2) is 4.98 Å². The topological polar surface area (TPSA) is 55.0 Å². The number of nitrogens with zero attached hydrogens (tertiary/aromatic N) is 1. The maximum atomic E-state index is 12.2. The molecular weight excluding hydrogens is 264 g/mol. The Kier molecular flexibility index (Phi) is 3.78. The lowest BCUT2D eigenvalue weighted by molar-refractivity contribution is 0.318. The first-order valence-electron chi connectivity index (χ1n) is 7.53. The highest BCUT2D eigenvalue weighted by Gasteiger charge is 2.27. The smallest absolute Gasteiger partial charge is 0.254 e. The molecule has 3 rings (SSSR count). The van der Waals surface area contributed by atoms with E-state index in [2.05, 4.69) is 11.9 Å². The predicted molar refractivity (Wildman–Crippen MR) is 82.8 cm³/mol. The van der Waals surface area contributed by atoms with Gasteiger partial charge in [-0.05, 0) is 38.3 Å². The Hall–Kier alpha value is -2.10. The molecule has 0 bridgehead atoms. The van der Waals surface area contributed by atoms with Crippen LogP contribution in [0.1, 0.15) is 43.5 Å². The molecule has 1 aliphatic rings. The molecule has 0 amide bonds. The number of nitrogens with one attached hydrogen (secondary N) is 1. The third-order valence-corrected chi connectivity index (χ3v) is 3.74. The van der Waals surface area contributed by atoms with Crippen LogP contribution < -0.4 is 10.3 Å². The van der Waals surface area contributed by atoms with Gasteiger partial charge in [-0.1, -0.05) is 19.1 Å². The number of hydrogen-bond acceptors (Lipinski definition) is 3. The Morgan fingerprint density at radius 1 is 1.33 bits per heavy atom. The van der Waals surface area contributed by atoms with Gasteiger partial charge in [-0.3, -0.25) is 4.79 Å². The molecule has 0 unspecified atom stereocenters. The monoisotopic (exact) mass is 284 g/mol. The van der Waals surface area contributed by atoms with E-state index < -0.39 is 0 Å². The summed E-state index contributed by atoms with van der Waals surface area (Å²) < 4.78 is 5.80. The van der Waals surface area contributed by atoms with E-state index in [9.17, 15) is 4.79 Å². The van der Waals surface area contributed by atoms with Gasteiger partial charge in [-0.2, -0.15) is 0 Å². The summed E-state index contributed by atoms with van der Waals surface area (Å²) in [4.78, 5) is 19.8. The Bertz CT molecular complexity index is 702. The lowest BCUT2D eigenvalue weighted by atomic mass is 10.1. The molecule has 1 saturated carbocycles. The number of para-hydroxylation sites is 1. The summed E-state index contributed by atoms with van der Waals surface area (Å²) in [5.41, 5.74) is 2.24. The van der Waals surface area contributed by atoms with E-state index in [0.717, 1.165) is 42.1 Å². The van der Waals surface area contributed by atoms with Crippen LogP contribution in [0.2, 0.25) is 0 Å². The van der Waals surface area contributed by atoms with E-state index in [1.54, 1.807) is 0 Å². The Labute approximate surface area is 124 Å². The average Bonchev–Trinajstić information content (AvgIpc) is 3.33. The van der Waals surface area contributed by atoms with Gasteiger partial charge in [0.2, 0.25) is 0 Å². The number of benzene rings is 1. The summed E-state index contributed by atoms with van der Waals surface area (Å²) in [5, 5.41) is 0. The SMILES string of the molecule is CCCOc1ccccc1-c1nc(C2CC2)[nH]c(=O)c1C. The molecule has 1 aromatic heterocycles. The van der Waals surface area contributed by atoms with Gasteiger partial charge in [0.1, 0.15) is 11.6 Å². The van der Waals surface area contributed by atoms with E-state index in [4.69, 9.17) is 9.72 Å². The molecule has 1 fully saturated rings. The van der Waals surface area contributed by atoms with E-state index in [-0.39, 0.29) is 5.56 Å². The Morgan fingerprint density at radius 3 is 2.81 bits per heavy atom. The molecule has 1 N–H and O–H groups in total. The van der Waals surface area contributed by atoms with E-state index in [0.29, 0.717) is 18.1 Å². The minimum atomic E-state index is -0.0489. The summed E-state index contributed by atoms with van der Waals surface area (Å²) in [6.07, 6.45) is 3.17. The highest BCUT2D eigenvalue weighted by molar-refractivity contribution is 5.69. The molecule has 1 heterocycles. The summed E-state index contributed by atoms with van der Waals surface area (Å²) in [6, 6.07) is 7.80. The normalized spacial score (nSPS) is 14.2. The Balaban J connectivity index is 2.09. The largest absolute Gasteiger partial charge is 0.493 e. The van der Waals surface area contributed by atoms with Crippen LogP contribution in [0.4, 0.5) is 0 Å². The van der Waals surface area contributed by atoms with Crippen LogP contribution in [0.25, 0.3) is 11.3 Å². The quantitative estimate of drug-likeness (QED) is 0.915. The fraction of sp³-hybridized carbons (Fsp3) is 0.412. The van der Waals surface area contributed by atoms with Crippen molar-refractivity contribution < 1.29 is 4.74 Å². The van der Waals surface area contributed by atoms with E-state index >= 15 is 0 Å². The second kappa shape index (κ2) is 5.72. The van der Waals surface area contributed by atoms with Crippen LogP contribution in [-0.2, 0) is 0 Å². The van der Waals surface area contributed by atoms with Crippen molar-refractivity contribution in [1.82, 2.24) is 9.97 Å². The lowest BCUT2D eigenvalue weighted by Gasteiger charge is -2.12. The van der Waals surface area contributed by atoms with Crippen LogP contribution in [0.3, 0.4) is 0 Å². The number of rotatable bonds is 5. The second-order valence-corrected chi connectivity index (χ2v) is 5.54. The van der Waals surface area contributed by atoms with Crippen molar-refractivity contribution in [1.29, 1.82) is 0 Å². The van der Waals surface area contributed by atoms with Crippen LogP contribution in [0, 0.1) is 6.92 Å². The minimum absolute atomic E-state index is 0.0489. The van der Waals surface area contributed by atoms with Crippen molar-refractivity contribution in [2.24, 2.45) is 0 Å². The first kappa shape index (κ1) is 13.9. The highest BCUT2D eigenvalue weighted by Crippen LogP contribution is 2.39. The molecule has 1 aliphatic carbocycles. The molecule has 2 aromatic rings. The average molecular weight is 284 g/mol. The molecule has 4 heteroatoms. The molecule has 110 valence electrons. The van der Waals surface area contributed by atoms with Gasteiger partial charge >= 0.3 is 0 Å². The van der Waals surface area contributed by atoms with Gasteiger partial charge in [0.05, 0.1) is 12.3 Å². The van der Waals surface area contributed by atoms with Crippen molar-refractivity contribution in [2.75, 3.05) is 6.61 Å². The third-order valence-electron chi connectivity index (χ3n) is 3.74. The number of H-pyrrole nitrogens is 1. The number of aromatic nitrogens is 2. The van der Waals surface area contributed by atoms with Gasteiger partial charge in [-0.15, -0.1) is 0 Å². The van der Waals surface area contributed by atoms with Crippen molar-refractivity contribution in [3.8, 4) is 17.0 Å². The molecule has 0 radical (unpaired) electrons. The standard InChI is InChI=1S/C17H20N2O2/c1-3-10-21-14-7-5-4-6-13(14)15-11(2)17(20)19-16(18-15)12-8-9-12/h4-7,12H,3,8-10H2,1-2H3,(H,18,19,20). The summed E-state index contributed by atoms with van der Waals surface area (Å²) in [6.45, 7) is 4.55. The third kappa shape index (κ3) is 2.84. The van der Waals surface area contributed by atoms with Crippen molar-refractivity contribution in [3.05, 3.63) is 46.0 Å². The van der Waals surface area contributed by atoms with Crippen LogP contribution in [0.5, 0.6) is 5.75 Å². The highest BCUT2D eigenvalue weighted by atomic mass is 16.5. The van der Waals surface area contributed by atoms with Crippen LogP contribution >= 0.6 is 0 Å². The zero-order valence-corrected chi connectivity index (χ0v) is 12.5. The predicted octanol–water partition coefficient (Wildman–Crippen LogP) is 3.41. The van der Waals surface area contributed by atoms with E-state index in [1.807, 2.05) is 31.2 Å². The summed E-state index contributed by atoms with van der Waals surface area (Å²) >= 11 is 0. The van der Waals surface area contributed by atoms with E-state index in [1.165, 1.54) is 0 Å². The molecule has 0 spiro atoms. The molecular formula is C17H20N2O2. The maximum Gasteiger partial charge on any atom is 0.254 e. The van der Waals surface area contributed by atoms with Gasteiger partial charge in [0.25, 0.3) is 5.56 Å². The number of hydrogen-bond donors (Lipinski definition) is 1. The van der Waals surface area contributed by atoms with Gasteiger partial charge < -0.3 is 9.72 Å². The Morgan fingerprint density at radius 2 is 2.10 bits per heavy atom. The zero-order valence-electron chi connectivity index (χ0n) is 12.5. The van der Waals surface area contributed by atoms with Gasteiger partial charge in [0, 0.05) is 17.0 Å².